The van der Waals surface area contributed by atoms with E-state index in [1.54, 1.807) is 25.4 Å². The molecule has 0 amide bonds. The number of anilines is 2. The molecule has 0 saturated carbocycles. The molecule has 0 aliphatic carbocycles. The van der Waals surface area contributed by atoms with Crippen LogP contribution in [0.4, 0.5) is 11.6 Å². The van der Waals surface area contributed by atoms with Gasteiger partial charge in [-0.25, -0.2) is 13.4 Å². The van der Waals surface area contributed by atoms with Gasteiger partial charge in [-0.2, -0.15) is 5.10 Å². The number of hydrogen-bond acceptors (Lipinski definition) is 5. The van der Waals surface area contributed by atoms with Crippen LogP contribution in [-0.4, -0.2) is 29.7 Å². The molecule has 8 heteroatoms. The van der Waals surface area contributed by atoms with Crippen LogP contribution in [0.1, 0.15) is 6.92 Å². The molecular formula is C11H15N5O2S. The van der Waals surface area contributed by atoms with Gasteiger partial charge in [0.25, 0.3) is 10.0 Å². The molecule has 0 atom stereocenters. The number of nitrogens with zero attached hydrogens (tertiary/aromatic N) is 3. The van der Waals surface area contributed by atoms with Gasteiger partial charge < -0.3 is 5.32 Å². The molecule has 2 rings (SSSR count). The molecule has 2 aromatic rings. The first-order valence-electron chi connectivity index (χ1n) is 5.74. The summed E-state index contributed by atoms with van der Waals surface area (Å²) in [6.45, 7) is 2.46. The van der Waals surface area contributed by atoms with Crippen LogP contribution in [-0.2, 0) is 17.1 Å². The molecule has 0 fully saturated rings. The van der Waals surface area contributed by atoms with Crippen LogP contribution < -0.4 is 10.0 Å². The zero-order chi connectivity index (χ0) is 13.9. The second-order valence-electron chi connectivity index (χ2n) is 3.86. The number of nitrogens with one attached hydrogen (secondary N) is 2. The Kier molecular flexibility index (Phi) is 3.70. The summed E-state index contributed by atoms with van der Waals surface area (Å²) < 4.78 is 28.5. The van der Waals surface area contributed by atoms with Crippen molar-refractivity contribution in [1.29, 1.82) is 0 Å². The van der Waals surface area contributed by atoms with E-state index in [1.807, 2.05) is 6.92 Å². The van der Waals surface area contributed by atoms with Crippen molar-refractivity contribution in [3.63, 3.8) is 0 Å². The van der Waals surface area contributed by atoms with Crippen molar-refractivity contribution in [2.75, 3.05) is 16.6 Å². The van der Waals surface area contributed by atoms with E-state index in [9.17, 15) is 8.42 Å². The highest BCUT2D eigenvalue weighted by Crippen LogP contribution is 2.20. The maximum atomic E-state index is 12.3. The number of sulfonamides is 1. The van der Waals surface area contributed by atoms with E-state index >= 15 is 0 Å². The molecule has 0 unspecified atom stereocenters. The van der Waals surface area contributed by atoms with Crippen LogP contribution in [0.15, 0.2) is 35.5 Å². The molecule has 0 aliphatic rings. The predicted molar refractivity (Wildman–Crippen MR) is 72.4 cm³/mol. The zero-order valence-corrected chi connectivity index (χ0v) is 11.5. The minimum absolute atomic E-state index is 0.0995. The van der Waals surface area contributed by atoms with Crippen molar-refractivity contribution in [3.8, 4) is 0 Å². The van der Waals surface area contributed by atoms with Crippen LogP contribution in [0.3, 0.4) is 0 Å². The molecule has 19 heavy (non-hydrogen) atoms. The highest BCUT2D eigenvalue weighted by molar-refractivity contribution is 7.92. The molecular weight excluding hydrogens is 266 g/mol. The van der Waals surface area contributed by atoms with Crippen LogP contribution in [0.5, 0.6) is 0 Å². The lowest BCUT2D eigenvalue weighted by Crippen LogP contribution is -2.16. The quantitative estimate of drug-likeness (QED) is 0.855. The fourth-order valence-corrected chi connectivity index (χ4v) is 2.70. The zero-order valence-electron chi connectivity index (χ0n) is 10.7. The summed E-state index contributed by atoms with van der Waals surface area (Å²) in [5.74, 6) is 0.599. The second kappa shape index (κ2) is 5.27. The molecule has 0 saturated heterocycles. The Hall–Kier alpha value is -2.09. The Labute approximate surface area is 111 Å². The van der Waals surface area contributed by atoms with Gasteiger partial charge in [0, 0.05) is 32.1 Å². The standard InChI is InChI=1S/C11H15N5O2S/c1-3-12-11-9(5-4-7-13-11)19(17,18)15-10-6-8-16(2)14-10/h4-8H,3H2,1-2H3,(H,12,13)(H,14,15). The summed E-state index contributed by atoms with van der Waals surface area (Å²) in [7, 11) is -1.99. The smallest absolute Gasteiger partial charge is 0.266 e. The Morgan fingerprint density at radius 1 is 1.37 bits per heavy atom. The maximum Gasteiger partial charge on any atom is 0.266 e. The fraction of sp³-hybridized carbons (Fsp3) is 0.273. The van der Waals surface area contributed by atoms with Gasteiger partial charge in [0.2, 0.25) is 0 Å². The van der Waals surface area contributed by atoms with E-state index in [0.717, 1.165) is 0 Å². The monoisotopic (exact) mass is 281 g/mol. The molecule has 0 bridgehead atoms. The van der Waals surface area contributed by atoms with Crippen LogP contribution in [0, 0.1) is 0 Å². The molecule has 2 N–H and O–H groups in total. The van der Waals surface area contributed by atoms with Gasteiger partial charge in [-0.3, -0.25) is 9.40 Å². The Morgan fingerprint density at radius 3 is 2.79 bits per heavy atom. The van der Waals surface area contributed by atoms with Crippen molar-refractivity contribution >= 4 is 21.7 Å². The minimum atomic E-state index is -3.70. The van der Waals surface area contributed by atoms with Crippen molar-refractivity contribution in [1.82, 2.24) is 14.8 Å². The van der Waals surface area contributed by atoms with Gasteiger partial charge in [-0.05, 0) is 19.1 Å². The average Bonchev–Trinajstić information content (AvgIpc) is 2.75. The molecule has 2 heterocycles. The molecule has 7 nitrogen and oxygen atoms in total. The Balaban J connectivity index is 2.34. The Bertz CT molecular complexity index is 665. The molecule has 102 valence electrons. The third-order valence-corrected chi connectivity index (χ3v) is 3.74. The summed E-state index contributed by atoms with van der Waals surface area (Å²) >= 11 is 0. The molecule has 0 aliphatic heterocycles. The van der Waals surface area contributed by atoms with Gasteiger partial charge in [-0.15, -0.1) is 0 Å². The SMILES string of the molecule is CCNc1ncccc1S(=O)(=O)Nc1ccn(C)n1. The number of aryl methyl sites for hydroxylation is 1. The largest absolute Gasteiger partial charge is 0.369 e. The Morgan fingerprint density at radius 2 is 2.16 bits per heavy atom. The van der Waals surface area contributed by atoms with Crippen molar-refractivity contribution in [2.45, 2.75) is 11.8 Å². The van der Waals surface area contributed by atoms with E-state index in [2.05, 4.69) is 20.1 Å². The fourth-order valence-electron chi connectivity index (χ4n) is 1.57. The normalized spacial score (nSPS) is 11.3. The van der Waals surface area contributed by atoms with Crippen molar-refractivity contribution in [3.05, 3.63) is 30.6 Å². The average molecular weight is 281 g/mol. The van der Waals surface area contributed by atoms with E-state index in [-0.39, 0.29) is 10.7 Å². The molecule has 0 aromatic carbocycles. The summed E-state index contributed by atoms with van der Waals surface area (Å²) in [6.07, 6.45) is 3.20. The first kappa shape index (κ1) is 13.3. The van der Waals surface area contributed by atoms with Gasteiger partial charge in [0.15, 0.2) is 5.82 Å². The summed E-state index contributed by atoms with van der Waals surface area (Å²) in [5.41, 5.74) is 0. The van der Waals surface area contributed by atoms with E-state index in [1.165, 1.54) is 16.9 Å². The lowest BCUT2D eigenvalue weighted by Gasteiger charge is -2.10. The minimum Gasteiger partial charge on any atom is -0.369 e. The van der Waals surface area contributed by atoms with E-state index in [4.69, 9.17) is 0 Å². The topological polar surface area (TPSA) is 88.9 Å². The van der Waals surface area contributed by atoms with Crippen LogP contribution in [0.2, 0.25) is 0 Å². The number of pyridine rings is 1. The summed E-state index contributed by atoms with van der Waals surface area (Å²) in [6, 6.07) is 4.66. The molecule has 0 spiro atoms. The van der Waals surface area contributed by atoms with Crippen LogP contribution >= 0.6 is 0 Å². The third kappa shape index (κ3) is 3.02. The highest BCUT2D eigenvalue weighted by Gasteiger charge is 2.20. The highest BCUT2D eigenvalue weighted by atomic mass is 32.2. The number of rotatable bonds is 5. The molecule has 0 radical (unpaired) electrons. The van der Waals surface area contributed by atoms with Gasteiger partial charge >= 0.3 is 0 Å². The van der Waals surface area contributed by atoms with Gasteiger partial charge in [0.1, 0.15) is 10.7 Å². The summed E-state index contributed by atoms with van der Waals surface area (Å²) in [5, 5.41) is 6.90. The van der Waals surface area contributed by atoms with Gasteiger partial charge in [0.05, 0.1) is 0 Å². The first-order valence-corrected chi connectivity index (χ1v) is 7.22. The third-order valence-electron chi connectivity index (χ3n) is 2.36. The van der Waals surface area contributed by atoms with Crippen molar-refractivity contribution < 1.29 is 8.42 Å². The lowest BCUT2D eigenvalue weighted by atomic mass is 10.4. The second-order valence-corrected chi connectivity index (χ2v) is 5.51. The number of hydrogen-bond donors (Lipinski definition) is 2. The van der Waals surface area contributed by atoms with E-state index < -0.39 is 10.0 Å². The van der Waals surface area contributed by atoms with E-state index in [0.29, 0.717) is 12.4 Å². The number of aromatic nitrogens is 3. The van der Waals surface area contributed by atoms with Crippen molar-refractivity contribution in [2.24, 2.45) is 7.05 Å². The molecule has 2 aromatic heterocycles. The lowest BCUT2D eigenvalue weighted by molar-refractivity contribution is 0.600. The maximum absolute atomic E-state index is 12.3. The van der Waals surface area contributed by atoms with Gasteiger partial charge in [-0.1, -0.05) is 0 Å². The summed E-state index contributed by atoms with van der Waals surface area (Å²) in [4.78, 5) is 4.13. The predicted octanol–water partition coefficient (Wildman–Crippen LogP) is 1.05. The first-order chi connectivity index (χ1) is 9.03. The van der Waals surface area contributed by atoms with Crippen LogP contribution in [0.25, 0.3) is 0 Å².